The summed E-state index contributed by atoms with van der Waals surface area (Å²) in [6.07, 6.45) is -0.275. The molecule has 1 aliphatic rings. The van der Waals surface area contributed by atoms with Gasteiger partial charge < -0.3 is 5.32 Å². The van der Waals surface area contributed by atoms with Crippen LogP contribution in [0.25, 0.3) is 10.9 Å². The molecule has 1 aromatic heterocycles. The second-order valence-electron chi connectivity index (χ2n) is 7.73. The molecule has 1 fully saturated rings. The number of nitrogens with zero attached hydrogens (tertiary/aromatic N) is 2. The van der Waals surface area contributed by atoms with Gasteiger partial charge in [-0.1, -0.05) is 6.07 Å². The SMILES string of the molecule is [2H][C@]1(n2c(C)nc3ccc(CNC(=O)c4ccc(SC(F)(F)F)cc4)cc3c2=O)CCC(=O)NC1=O. The van der Waals surface area contributed by atoms with Crippen LogP contribution in [0.1, 0.15) is 42.0 Å². The van der Waals surface area contributed by atoms with Gasteiger partial charge in [-0.3, -0.25) is 29.1 Å². The van der Waals surface area contributed by atoms with E-state index in [0.717, 1.165) is 4.57 Å². The lowest BCUT2D eigenvalue weighted by Gasteiger charge is -2.24. The van der Waals surface area contributed by atoms with Gasteiger partial charge in [-0.25, -0.2) is 4.98 Å². The van der Waals surface area contributed by atoms with Crippen molar-refractivity contribution in [2.24, 2.45) is 0 Å². The molecule has 4 rings (SSSR count). The maximum Gasteiger partial charge on any atom is 0.446 e. The molecule has 1 saturated heterocycles. The molecule has 0 unspecified atom stereocenters. The number of halogens is 3. The number of nitrogens with one attached hydrogen (secondary N) is 2. The molecule has 12 heteroatoms. The summed E-state index contributed by atoms with van der Waals surface area (Å²) in [5.74, 6) is -1.81. The topological polar surface area (TPSA) is 110 Å². The minimum absolute atomic E-state index is 0.00213. The number of aromatic nitrogens is 2. The van der Waals surface area contributed by atoms with Crippen molar-refractivity contribution in [2.75, 3.05) is 0 Å². The minimum Gasteiger partial charge on any atom is -0.348 e. The van der Waals surface area contributed by atoms with Gasteiger partial charge in [0.1, 0.15) is 11.8 Å². The first-order valence-corrected chi connectivity index (χ1v) is 11.2. The molecule has 35 heavy (non-hydrogen) atoms. The maximum atomic E-state index is 13.3. The highest BCUT2D eigenvalue weighted by Gasteiger charge is 2.31. The Kier molecular flexibility index (Phi) is 6.29. The molecule has 2 aromatic carbocycles. The third kappa shape index (κ3) is 5.53. The van der Waals surface area contributed by atoms with Crippen LogP contribution >= 0.6 is 11.8 Å². The van der Waals surface area contributed by atoms with Crippen molar-refractivity contribution in [2.45, 2.75) is 42.7 Å². The number of carbonyl (C=O) groups is 3. The molecular weight excluding hydrogens is 485 g/mol. The zero-order valence-corrected chi connectivity index (χ0v) is 19.0. The number of benzene rings is 2. The van der Waals surface area contributed by atoms with Crippen molar-refractivity contribution in [1.29, 1.82) is 0 Å². The Bertz CT molecular complexity index is 1440. The predicted molar refractivity (Wildman–Crippen MR) is 122 cm³/mol. The highest BCUT2D eigenvalue weighted by Crippen LogP contribution is 2.36. The summed E-state index contributed by atoms with van der Waals surface area (Å²) in [5, 5.41) is 4.85. The Hall–Kier alpha value is -3.67. The number of hydrogen-bond acceptors (Lipinski definition) is 6. The lowest BCUT2D eigenvalue weighted by atomic mass is 10.0. The fourth-order valence-corrected chi connectivity index (χ4v) is 4.22. The summed E-state index contributed by atoms with van der Waals surface area (Å²) < 4.78 is 47.0. The molecule has 0 radical (unpaired) electrons. The van der Waals surface area contributed by atoms with E-state index in [1.165, 1.54) is 37.3 Å². The van der Waals surface area contributed by atoms with E-state index in [4.69, 9.17) is 1.37 Å². The predicted octanol–water partition coefficient (Wildman–Crippen LogP) is 3.22. The standard InChI is InChI=1S/C23H19F3N4O4S/c1-12-28-17-7-2-13(10-16(17)22(34)30(12)18-8-9-19(31)29-21(18)33)11-27-20(32)14-3-5-15(6-4-14)35-23(24,25)26/h2-7,10,18H,8-9,11H2,1H3,(H,27,32)(H,29,31,33)/t18-/m0/s1/i18D. The number of piperidine rings is 1. The van der Waals surface area contributed by atoms with E-state index in [2.05, 4.69) is 15.6 Å². The van der Waals surface area contributed by atoms with Crippen LogP contribution in [0.2, 0.25) is 0 Å². The van der Waals surface area contributed by atoms with Gasteiger partial charge in [-0.15, -0.1) is 0 Å². The Morgan fingerprint density at radius 1 is 1.23 bits per heavy atom. The molecule has 2 heterocycles. The Balaban J connectivity index is 1.56. The summed E-state index contributed by atoms with van der Waals surface area (Å²) in [7, 11) is 0. The van der Waals surface area contributed by atoms with Crippen molar-refractivity contribution >= 4 is 40.4 Å². The second-order valence-corrected chi connectivity index (χ2v) is 8.87. The van der Waals surface area contributed by atoms with Gasteiger partial charge in [0.2, 0.25) is 11.8 Å². The molecule has 8 nitrogen and oxygen atoms in total. The highest BCUT2D eigenvalue weighted by molar-refractivity contribution is 8.00. The lowest BCUT2D eigenvalue weighted by molar-refractivity contribution is -0.135. The largest absolute Gasteiger partial charge is 0.446 e. The van der Waals surface area contributed by atoms with E-state index >= 15 is 0 Å². The van der Waals surface area contributed by atoms with Crippen molar-refractivity contribution in [3.63, 3.8) is 0 Å². The van der Waals surface area contributed by atoms with Crippen LogP contribution in [0.15, 0.2) is 52.2 Å². The third-order valence-electron chi connectivity index (χ3n) is 5.28. The number of fused-ring (bicyclic) bond motifs is 1. The van der Waals surface area contributed by atoms with Crippen LogP contribution in [0.5, 0.6) is 0 Å². The van der Waals surface area contributed by atoms with Gasteiger partial charge in [0.15, 0.2) is 0 Å². The van der Waals surface area contributed by atoms with Gasteiger partial charge in [-0.05, 0) is 67.1 Å². The average molecular weight is 505 g/mol. The van der Waals surface area contributed by atoms with Crippen LogP contribution in [0.4, 0.5) is 13.2 Å². The monoisotopic (exact) mass is 505 g/mol. The van der Waals surface area contributed by atoms with Crippen molar-refractivity contribution in [3.05, 3.63) is 69.8 Å². The normalized spacial score (nSPS) is 18.8. The van der Waals surface area contributed by atoms with Gasteiger partial charge >= 0.3 is 5.51 Å². The fourth-order valence-electron chi connectivity index (χ4n) is 3.68. The molecule has 3 amide bonds. The van der Waals surface area contributed by atoms with Gasteiger partial charge in [0.05, 0.1) is 12.3 Å². The number of thioether (sulfide) groups is 1. The number of amides is 3. The minimum atomic E-state index is -4.43. The summed E-state index contributed by atoms with van der Waals surface area (Å²) in [6, 6.07) is 7.63. The number of aryl methyl sites for hydroxylation is 1. The third-order valence-corrected chi connectivity index (χ3v) is 6.02. The fraction of sp³-hybridized carbons (Fsp3) is 0.261. The van der Waals surface area contributed by atoms with Crippen molar-refractivity contribution in [1.82, 2.24) is 20.2 Å². The summed E-state index contributed by atoms with van der Waals surface area (Å²) >= 11 is -0.278. The lowest BCUT2D eigenvalue weighted by Crippen LogP contribution is -2.45. The molecule has 1 aliphatic heterocycles. The first kappa shape index (κ1) is 23.1. The highest BCUT2D eigenvalue weighted by atomic mass is 32.2. The number of carbonyl (C=O) groups excluding carboxylic acids is 3. The zero-order valence-electron chi connectivity index (χ0n) is 19.2. The van der Waals surface area contributed by atoms with Crippen LogP contribution in [0.3, 0.4) is 0 Å². The Morgan fingerprint density at radius 3 is 2.60 bits per heavy atom. The van der Waals surface area contributed by atoms with Crippen molar-refractivity contribution < 1.29 is 28.9 Å². The molecule has 2 N–H and O–H groups in total. The van der Waals surface area contributed by atoms with Crippen molar-refractivity contribution in [3.8, 4) is 0 Å². The van der Waals surface area contributed by atoms with E-state index in [1.807, 2.05) is 0 Å². The summed E-state index contributed by atoms with van der Waals surface area (Å²) in [5.41, 5.74) is -4.04. The molecule has 0 bridgehead atoms. The van der Waals surface area contributed by atoms with E-state index in [9.17, 15) is 32.3 Å². The van der Waals surface area contributed by atoms with Gasteiger partial charge in [0, 0.05) is 23.4 Å². The second kappa shape index (κ2) is 9.53. The number of imide groups is 1. The maximum absolute atomic E-state index is 13.3. The van der Waals surface area contributed by atoms with E-state index < -0.39 is 34.8 Å². The van der Waals surface area contributed by atoms with Crippen LogP contribution in [0, 0.1) is 6.92 Å². The average Bonchev–Trinajstić information content (AvgIpc) is 2.80. The molecule has 0 spiro atoms. The molecule has 1 atom stereocenters. The van der Waals surface area contributed by atoms with Crippen LogP contribution in [-0.4, -0.2) is 32.8 Å². The molecule has 0 saturated carbocycles. The first-order valence-electron chi connectivity index (χ1n) is 10.9. The van der Waals surface area contributed by atoms with E-state index in [1.54, 1.807) is 12.1 Å². The molecular formula is C23H19F3N4O4S. The number of alkyl halides is 3. The molecule has 182 valence electrons. The van der Waals surface area contributed by atoms with Gasteiger partial charge in [-0.2, -0.15) is 13.2 Å². The first-order chi connectivity index (χ1) is 16.9. The van der Waals surface area contributed by atoms with Crippen LogP contribution < -0.4 is 16.2 Å². The number of hydrogen-bond donors (Lipinski definition) is 2. The number of rotatable bonds is 5. The molecule has 3 aromatic rings. The quantitative estimate of drug-likeness (QED) is 0.407. The summed E-state index contributed by atoms with van der Waals surface area (Å²) in [4.78, 5) is 54.0. The smallest absolute Gasteiger partial charge is 0.348 e. The summed E-state index contributed by atoms with van der Waals surface area (Å²) in [6.45, 7) is 1.50. The van der Waals surface area contributed by atoms with E-state index in [0.29, 0.717) is 11.1 Å². The van der Waals surface area contributed by atoms with Crippen LogP contribution in [-0.2, 0) is 16.1 Å². The Morgan fingerprint density at radius 2 is 1.94 bits per heavy atom. The van der Waals surface area contributed by atoms with E-state index in [-0.39, 0.29) is 52.8 Å². The zero-order chi connectivity index (χ0) is 26.3. The molecule has 0 aliphatic carbocycles. The Labute approximate surface area is 202 Å². The van der Waals surface area contributed by atoms with Gasteiger partial charge in [0.25, 0.3) is 11.5 Å².